The van der Waals surface area contributed by atoms with Crippen LogP contribution in [0.25, 0.3) is 27.7 Å². The van der Waals surface area contributed by atoms with Crippen molar-refractivity contribution in [2.24, 2.45) is 5.41 Å². The maximum Gasteiger partial charge on any atom is 0.396 e. The number of methoxy groups -OCH3 is 1. The molecule has 3 N–H and O–H groups in total. The Bertz CT molecular complexity index is 1480. The van der Waals surface area contributed by atoms with Gasteiger partial charge in [0.1, 0.15) is 5.65 Å². The number of pyridine rings is 1. The van der Waals surface area contributed by atoms with E-state index in [4.69, 9.17) is 4.74 Å². The van der Waals surface area contributed by atoms with Crippen LogP contribution in [0.15, 0.2) is 36.9 Å². The lowest BCUT2D eigenvalue weighted by atomic mass is 9.93. The van der Waals surface area contributed by atoms with Crippen molar-refractivity contribution < 1.29 is 22.7 Å². The first-order valence-corrected chi connectivity index (χ1v) is 12.7. The first-order valence-electron chi connectivity index (χ1n) is 12.7. The molecule has 0 saturated heterocycles. The molecule has 38 heavy (non-hydrogen) atoms. The molecule has 0 spiro atoms. The number of rotatable bonds is 7. The number of carbonyl (C=O) groups is 1. The highest BCUT2D eigenvalue weighted by Crippen LogP contribution is 2.57. The van der Waals surface area contributed by atoms with Crippen LogP contribution in [0, 0.1) is 5.41 Å². The monoisotopic (exact) mass is 527 g/mol. The lowest BCUT2D eigenvalue weighted by Gasteiger charge is -2.28. The minimum Gasteiger partial charge on any atom is -0.381 e. The third kappa shape index (κ3) is 4.46. The molecule has 0 unspecified atom stereocenters. The van der Waals surface area contributed by atoms with E-state index in [1.54, 1.807) is 36.4 Å². The summed E-state index contributed by atoms with van der Waals surface area (Å²) in [6, 6.07) is 3.87. The van der Waals surface area contributed by atoms with Gasteiger partial charge >= 0.3 is 6.18 Å². The predicted octanol–water partition coefficient (Wildman–Crippen LogP) is 4.71. The minimum absolute atomic E-state index is 0.103. The van der Waals surface area contributed by atoms with Gasteiger partial charge < -0.3 is 20.4 Å². The Morgan fingerprint density at radius 3 is 2.74 bits per heavy atom. The van der Waals surface area contributed by atoms with E-state index in [9.17, 15) is 18.0 Å². The van der Waals surface area contributed by atoms with Crippen LogP contribution in [-0.4, -0.2) is 62.4 Å². The van der Waals surface area contributed by atoms with Gasteiger partial charge in [-0.1, -0.05) is 0 Å². The number of ether oxygens (including phenoxy) is 1. The maximum absolute atomic E-state index is 13.2. The van der Waals surface area contributed by atoms with Gasteiger partial charge in [-0.3, -0.25) is 4.79 Å². The number of amides is 1. The smallest absolute Gasteiger partial charge is 0.381 e. The van der Waals surface area contributed by atoms with E-state index in [0.717, 1.165) is 42.2 Å². The molecule has 4 aromatic rings. The second-order valence-corrected chi connectivity index (χ2v) is 10.3. The summed E-state index contributed by atoms with van der Waals surface area (Å²) < 4.78 is 46.8. The molecule has 2 saturated carbocycles. The molecule has 0 bridgehead atoms. The molecule has 2 aliphatic rings. The van der Waals surface area contributed by atoms with E-state index >= 15 is 0 Å². The molecule has 4 heterocycles. The first kappa shape index (κ1) is 24.7. The van der Waals surface area contributed by atoms with E-state index in [-0.39, 0.29) is 43.4 Å². The van der Waals surface area contributed by atoms with Crippen LogP contribution in [0.2, 0.25) is 0 Å². The summed E-state index contributed by atoms with van der Waals surface area (Å²) >= 11 is 0. The highest BCUT2D eigenvalue weighted by atomic mass is 19.4. The molecule has 2 fully saturated rings. The SMILES string of the molecule is COC1CCC(NC(=O)c2cnn3ccc(-c4c[nH]c5nc(NCC6(C(F)(F)F)CC6)ncc45)cc23)CC1. The van der Waals surface area contributed by atoms with Gasteiger partial charge in [0.25, 0.3) is 5.91 Å². The highest BCUT2D eigenvalue weighted by Gasteiger charge is 2.63. The third-order valence-corrected chi connectivity index (χ3v) is 7.89. The van der Waals surface area contributed by atoms with Gasteiger partial charge in [-0.25, -0.2) is 9.50 Å². The van der Waals surface area contributed by atoms with Gasteiger partial charge in [-0.15, -0.1) is 0 Å². The number of alkyl halides is 3. The Morgan fingerprint density at radius 1 is 1.24 bits per heavy atom. The fourth-order valence-electron chi connectivity index (χ4n) is 5.22. The summed E-state index contributed by atoms with van der Waals surface area (Å²) in [5.41, 5.74) is 1.63. The van der Waals surface area contributed by atoms with E-state index in [2.05, 4.69) is 30.7 Å². The van der Waals surface area contributed by atoms with E-state index in [1.165, 1.54) is 0 Å². The third-order valence-electron chi connectivity index (χ3n) is 7.89. The fraction of sp³-hybridized carbons (Fsp3) is 0.462. The number of carbonyl (C=O) groups excluding carboxylic acids is 1. The van der Waals surface area contributed by atoms with Crippen molar-refractivity contribution in [3.8, 4) is 11.1 Å². The topological polar surface area (TPSA) is 109 Å². The number of nitrogens with zero attached hydrogens (tertiary/aromatic N) is 4. The van der Waals surface area contributed by atoms with Crippen molar-refractivity contribution in [3.05, 3.63) is 42.5 Å². The van der Waals surface area contributed by atoms with Crippen molar-refractivity contribution in [2.75, 3.05) is 19.0 Å². The van der Waals surface area contributed by atoms with Gasteiger partial charge in [-0.2, -0.15) is 23.3 Å². The summed E-state index contributed by atoms with van der Waals surface area (Å²) in [5.74, 6) is -0.0190. The van der Waals surface area contributed by atoms with E-state index in [1.807, 2.05) is 12.1 Å². The summed E-state index contributed by atoms with van der Waals surface area (Å²) in [5, 5.41) is 10.9. The van der Waals surface area contributed by atoms with Crippen molar-refractivity contribution in [2.45, 2.75) is 56.8 Å². The molecule has 1 amide bonds. The van der Waals surface area contributed by atoms with Crippen LogP contribution in [0.3, 0.4) is 0 Å². The van der Waals surface area contributed by atoms with Gasteiger partial charge in [0, 0.05) is 49.2 Å². The molecular weight excluding hydrogens is 499 g/mol. The number of hydrogen-bond donors (Lipinski definition) is 3. The lowest BCUT2D eigenvalue weighted by Crippen LogP contribution is -2.38. The van der Waals surface area contributed by atoms with E-state index in [0.29, 0.717) is 16.7 Å². The Kier molecular flexibility index (Phi) is 6.01. The average molecular weight is 528 g/mol. The standard InChI is InChI=1S/C26H28F3N7O2/c1-38-17-4-2-16(3-5-17)34-23(37)20-13-33-36-9-6-15(10-21(20)36)18-11-30-22-19(18)12-31-24(35-22)32-14-25(7-8-25)26(27,28)29/h6,9-13,16-17H,2-5,7-8,14H2,1H3,(H,34,37)(H2,30,31,32,35). The molecule has 4 aromatic heterocycles. The molecule has 0 aliphatic heterocycles. The molecule has 2 aliphatic carbocycles. The van der Waals surface area contributed by atoms with Crippen LogP contribution in [0.1, 0.15) is 48.9 Å². The van der Waals surface area contributed by atoms with Crippen molar-refractivity contribution in [3.63, 3.8) is 0 Å². The zero-order valence-corrected chi connectivity index (χ0v) is 20.8. The molecule has 12 heteroatoms. The zero-order chi connectivity index (χ0) is 26.5. The minimum atomic E-state index is -4.24. The summed E-state index contributed by atoms with van der Waals surface area (Å²) in [7, 11) is 1.72. The Balaban J connectivity index is 1.21. The molecule has 0 aromatic carbocycles. The second kappa shape index (κ2) is 9.26. The van der Waals surface area contributed by atoms with E-state index < -0.39 is 11.6 Å². The molecule has 9 nitrogen and oxygen atoms in total. The highest BCUT2D eigenvalue weighted by molar-refractivity contribution is 6.02. The number of fused-ring (bicyclic) bond motifs is 2. The Morgan fingerprint density at radius 2 is 2.03 bits per heavy atom. The molecule has 0 radical (unpaired) electrons. The van der Waals surface area contributed by atoms with Crippen molar-refractivity contribution in [1.29, 1.82) is 0 Å². The number of halogens is 3. The van der Waals surface area contributed by atoms with Crippen LogP contribution in [0.5, 0.6) is 0 Å². The van der Waals surface area contributed by atoms with Gasteiger partial charge in [0.05, 0.1) is 28.8 Å². The van der Waals surface area contributed by atoms with Crippen LogP contribution in [-0.2, 0) is 4.74 Å². The van der Waals surface area contributed by atoms with Crippen LogP contribution < -0.4 is 10.6 Å². The summed E-state index contributed by atoms with van der Waals surface area (Å²) in [6.07, 6.45) is 6.55. The maximum atomic E-state index is 13.2. The molecular formula is C26H28F3N7O2. The number of nitrogens with one attached hydrogen (secondary N) is 3. The van der Waals surface area contributed by atoms with Crippen LogP contribution in [0.4, 0.5) is 19.1 Å². The zero-order valence-electron chi connectivity index (χ0n) is 20.8. The lowest BCUT2D eigenvalue weighted by molar-refractivity contribution is -0.182. The van der Waals surface area contributed by atoms with Crippen molar-refractivity contribution in [1.82, 2.24) is 29.9 Å². The largest absolute Gasteiger partial charge is 0.396 e. The Labute approximate surface area is 216 Å². The quantitative estimate of drug-likeness (QED) is 0.321. The average Bonchev–Trinajstić information content (AvgIpc) is 3.43. The fourth-order valence-corrected chi connectivity index (χ4v) is 5.22. The summed E-state index contributed by atoms with van der Waals surface area (Å²) in [4.78, 5) is 24.8. The predicted molar refractivity (Wildman–Crippen MR) is 135 cm³/mol. The number of H-pyrrole nitrogens is 1. The molecule has 6 rings (SSSR count). The number of anilines is 1. The van der Waals surface area contributed by atoms with Gasteiger partial charge in [-0.05, 0) is 56.2 Å². The summed E-state index contributed by atoms with van der Waals surface area (Å²) in [6.45, 7) is -0.244. The number of aromatic amines is 1. The Hall–Kier alpha value is -3.67. The van der Waals surface area contributed by atoms with Crippen LogP contribution >= 0.6 is 0 Å². The second-order valence-electron chi connectivity index (χ2n) is 10.3. The number of hydrogen-bond acceptors (Lipinski definition) is 6. The van der Waals surface area contributed by atoms with Gasteiger partial charge in [0.15, 0.2) is 0 Å². The molecule has 200 valence electrons. The van der Waals surface area contributed by atoms with Gasteiger partial charge in [0.2, 0.25) is 5.95 Å². The van der Waals surface area contributed by atoms with Crippen molar-refractivity contribution >= 4 is 28.4 Å². The number of aromatic nitrogens is 5. The molecule has 0 atom stereocenters. The first-order chi connectivity index (χ1) is 18.3. The normalized spacial score (nSPS) is 21.1.